The highest BCUT2D eigenvalue weighted by molar-refractivity contribution is 6.02. The molecule has 0 saturated heterocycles. The predicted molar refractivity (Wildman–Crippen MR) is 68.0 cm³/mol. The lowest BCUT2D eigenvalue weighted by Crippen LogP contribution is -2.25. The molecule has 5 nitrogen and oxygen atoms in total. The number of rotatable bonds is 3. The standard InChI is InChI=1S/C15H14O5/c1-18-15(17)14-10(16)8-9(11-4-2-6-19-11)13(14)12-5-3-7-20-12/h2-7,9,13-14H,8H2,1H3/t9-,13+,14-/m0/s1. The summed E-state index contributed by atoms with van der Waals surface area (Å²) in [5.41, 5.74) is 0. The van der Waals surface area contributed by atoms with E-state index in [4.69, 9.17) is 13.6 Å². The minimum Gasteiger partial charge on any atom is -0.469 e. The molecule has 0 radical (unpaired) electrons. The summed E-state index contributed by atoms with van der Waals surface area (Å²) in [5.74, 6) is -0.783. The first-order valence-corrected chi connectivity index (χ1v) is 6.39. The van der Waals surface area contributed by atoms with E-state index in [1.807, 2.05) is 6.07 Å². The lowest BCUT2D eigenvalue weighted by molar-refractivity contribution is -0.148. The van der Waals surface area contributed by atoms with Gasteiger partial charge in [-0.3, -0.25) is 9.59 Å². The zero-order chi connectivity index (χ0) is 14.1. The Bertz CT molecular complexity index is 596. The average Bonchev–Trinajstić information content (AvgIpc) is 3.17. The third-order valence-corrected chi connectivity index (χ3v) is 3.80. The van der Waals surface area contributed by atoms with E-state index >= 15 is 0 Å². The van der Waals surface area contributed by atoms with Gasteiger partial charge < -0.3 is 13.6 Å². The number of hydrogen-bond donors (Lipinski definition) is 0. The second-order valence-corrected chi connectivity index (χ2v) is 4.83. The highest BCUT2D eigenvalue weighted by Crippen LogP contribution is 2.48. The van der Waals surface area contributed by atoms with Crippen LogP contribution in [0.4, 0.5) is 0 Å². The van der Waals surface area contributed by atoms with E-state index in [1.54, 1.807) is 24.5 Å². The highest BCUT2D eigenvalue weighted by atomic mass is 16.5. The van der Waals surface area contributed by atoms with Crippen LogP contribution in [0.5, 0.6) is 0 Å². The van der Waals surface area contributed by atoms with Crippen LogP contribution in [0, 0.1) is 5.92 Å². The number of ether oxygens (including phenoxy) is 1. The highest BCUT2D eigenvalue weighted by Gasteiger charge is 2.50. The van der Waals surface area contributed by atoms with Crippen molar-refractivity contribution in [1.82, 2.24) is 0 Å². The van der Waals surface area contributed by atoms with Crippen LogP contribution in [-0.4, -0.2) is 18.9 Å². The maximum Gasteiger partial charge on any atom is 0.316 e. The summed E-state index contributed by atoms with van der Waals surface area (Å²) in [6.45, 7) is 0. The Balaban J connectivity index is 2.03. The van der Waals surface area contributed by atoms with Crippen molar-refractivity contribution in [2.75, 3.05) is 7.11 Å². The quantitative estimate of drug-likeness (QED) is 0.635. The van der Waals surface area contributed by atoms with Crippen LogP contribution < -0.4 is 0 Å². The molecular formula is C15H14O5. The number of carbonyl (C=O) groups excluding carboxylic acids is 2. The lowest BCUT2D eigenvalue weighted by atomic mass is 9.85. The van der Waals surface area contributed by atoms with E-state index in [0.29, 0.717) is 11.5 Å². The van der Waals surface area contributed by atoms with Crippen LogP contribution in [0.2, 0.25) is 0 Å². The number of carbonyl (C=O) groups is 2. The first-order valence-electron chi connectivity index (χ1n) is 6.39. The monoisotopic (exact) mass is 274 g/mol. The van der Waals surface area contributed by atoms with Gasteiger partial charge in [0, 0.05) is 18.3 Å². The van der Waals surface area contributed by atoms with Crippen molar-refractivity contribution in [1.29, 1.82) is 0 Å². The SMILES string of the molecule is COC(=O)[C@H]1C(=O)C[C@@H](c2ccco2)[C@@H]1c1ccco1. The second kappa shape index (κ2) is 5.00. The average molecular weight is 274 g/mol. The van der Waals surface area contributed by atoms with E-state index in [0.717, 1.165) is 0 Å². The molecule has 1 aliphatic rings. The molecule has 1 saturated carbocycles. The van der Waals surface area contributed by atoms with Gasteiger partial charge in [0.2, 0.25) is 0 Å². The Labute approximate surface area is 115 Å². The minimum absolute atomic E-state index is 0.139. The van der Waals surface area contributed by atoms with Gasteiger partial charge in [0.05, 0.1) is 19.6 Å². The molecule has 0 aliphatic heterocycles. The Morgan fingerprint density at radius 3 is 2.40 bits per heavy atom. The van der Waals surface area contributed by atoms with Crippen molar-refractivity contribution >= 4 is 11.8 Å². The van der Waals surface area contributed by atoms with Crippen molar-refractivity contribution in [3.8, 4) is 0 Å². The summed E-state index contributed by atoms with van der Waals surface area (Å²) in [4.78, 5) is 24.1. The largest absolute Gasteiger partial charge is 0.469 e. The summed E-state index contributed by atoms with van der Waals surface area (Å²) in [5, 5.41) is 0. The van der Waals surface area contributed by atoms with Gasteiger partial charge >= 0.3 is 5.97 Å². The van der Waals surface area contributed by atoms with Crippen LogP contribution in [-0.2, 0) is 14.3 Å². The molecule has 3 rings (SSSR count). The Kier molecular flexibility index (Phi) is 3.18. The van der Waals surface area contributed by atoms with Crippen LogP contribution in [0.15, 0.2) is 45.6 Å². The molecule has 3 atom stereocenters. The minimum atomic E-state index is -0.832. The van der Waals surface area contributed by atoms with E-state index in [1.165, 1.54) is 13.4 Å². The molecule has 2 heterocycles. The molecule has 2 aromatic rings. The van der Waals surface area contributed by atoms with Gasteiger partial charge in [-0.15, -0.1) is 0 Å². The number of ketones is 1. The van der Waals surface area contributed by atoms with Crippen molar-refractivity contribution in [2.24, 2.45) is 5.92 Å². The second-order valence-electron chi connectivity index (χ2n) is 4.83. The summed E-state index contributed by atoms with van der Waals surface area (Å²) in [6, 6.07) is 7.10. The van der Waals surface area contributed by atoms with E-state index in [9.17, 15) is 9.59 Å². The third kappa shape index (κ3) is 1.95. The zero-order valence-electron chi connectivity index (χ0n) is 10.9. The molecule has 0 bridgehead atoms. The third-order valence-electron chi connectivity index (χ3n) is 3.80. The molecule has 1 fully saturated rings. The van der Waals surface area contributed by atoms with E-state index in [2.05, 4.69) is 0 Å². The van der Waals surface area contributed by atoms with Gasteiger partial charge in [-0.2, -0.15) is 0 Å². The van der Waals surface area contributed by atoms with Crippen molar-refractivity contribution in [3.63, 3.8) is 0 Å². The number of methoxy groups -OCH3 is 1. The lowest BCUT2D eigenvalue weighted by Gasteiger charge is -2.19. The molecule has 0 N–H and O–H groups in total. The molecule has 5 heteroatoms. The van der Waals surface area contributed by atoms with Crippen molar-refractivity contribution in [2.45, 2.75) is 18.3 Å². The van der Waals surface area contributed by atoms with Gasteiger partial charge in [0.25, 0.3) is 0 Å². The van der Waals surface area contributed by atoms with E-state index in [-0.39, 0.29) is 24.0 Å². The number of furan rings is 2. The normalized spacial score (nSPS) is 25.9. The van der Waals surface area contributed by atoms with Crippen molar-refractivity contribution < 1.29 is 23.2 Å². The van der Waals surface area contributed by atoms with Gasteiger partial charge in [-0.1, -0.05) is 0 Å². The van der Waals surface area contributed by atoms with Crippen LogP contribution in [0.3, 0.4) is 0 Å². The molecule has 2 aromatic heterocycles. The number of Topliss-reactive ketones (excluding diaryl/α,β-unsaturated/α-hetero) is 1. The summed E-state index contributed by atoms with van der Waals surface area (Å²) < 4.78 is 15.6. The van der Waals surface area contributed by atoms with Gasteiger partial charge in [0.15, 0.2) is 0 Å². The summed E-state index contributed by atoms with van der Waals surface area (Å²) >= 11 is 0. The van der Waals surface area contributed by atoms with Crippen LogP contribution in [0.1, 0.15) is 29.8 Å². The molecule has 0 aromatic carbocycles. The summed E-state index contributed by atoms with van der Waals surface area (Å²) in [7, 11) is 1.29. The van der Waals surface area contributed by atoms with Crippen LogP contribution in [0.25, 0.3) is 0 Å². The molecule has 0 spiro atoms. The smallest absolute Gasteiger partial charge is 0.316 e. The first kappa shape index (κ1) is 12.7. The van der Waals surface area contributed by atoms with Gasteiger partial charge in [0.1, 0.15) is 23.2 Å². The van der Waals surface area contributed by atoms with Gasteiger partial charge in [-0.25, -0.2) is 0 Å². The molecule has 0 amide bonds. The maximum atomic E-state index is 12.2. The topological polar surface area (TPSA) is 69.7 Å². The van der Waals surface area contributed by atoms with Crippen molar-refractivity contribution in [3.05, 3.63) is 48.3 Å². The summed E-state index contributed by atoms with van der Waals surface area (Å²) in [6.07, 6.45) is 3.34. The predicted octanol–water partition coefficient (Wildman–Crippen LogP) is 2.50. The van der Waals surface area contributed by atoms with E-state index < -0.39 is 11.9 Å². The molecule has 1 aliphatic carbocycles. The fraction of sp³-hybridized carbons (Fsp3) is 0.333. The fourth-order valence-electron chi connectivity index (χ4n) is 2.93. The molecule has 20 heavy (non-hydrogen) atoms. The maximum absolute atomic E-state index is 12.2. The van der Waals surface area contributed by atoms with Gasteiger partial charge in [-0.05, 0) is 24.3 Å². The fourth-order valence-corrected chi connectivity index (χ4v) is 2.93. The Hall–Kier alpha value is -2.30. The Morgan fingerprint density at radius 1 is 1.20 bits per heavy atom. The number of esters is 1. The molecule has 0 unspecified atom stereocenters. The zero-order valence-corrected chi connectivity index (χ0v) is 10.9. The first-order chi connectivity index (χ1) is 9.72. The molecular weight excluding hydrogens is 260 g/mol. The van der Waals surface area contributed by atoms with Crippen LogP contribution >= 0.6 is 0 Å². The Morgan fingerprint density at radius 2 is 1.85 bits per heavy atom. The number of hydrogen-bond acceptors (Lipinski definition) is 5. The molecule has 104 valence electrons.